The van der Waals surface area contributed by atoms with Crippen molar-refractivity contribution in [3.63, 3.8) is 0 Å². The van der Waals surface area contributed by atoms with Crippen molar-refractivity contribution >= 4 is 5.91 Å². The lowest BCUT2D eigenvalue weighted by Gasteiger charge is -2.15. The normalized spacial score (nSPS) is 11.7. The standard InChI is InChI=1S/C20H25NO3/c1-14-6-5-7-18(12-14)24-17(4)20(22)21-10-11-23-19-13-15(2)8-9-16(19)3/h5-9,12-13,17H,10-11H2,1-4H3,(H,21,22)/t17-/m0/s1. The first-order chi connectivity index (χ1) is 11.5. The summed E-state index contributed by atoms with van der Waals surface area (Å²) in [6.45, 7) is 8.62. The van der Waals surface area contributed by atoms with Crippen LogP contribution in [-0.4, -0.2) is 25.2 Å². The molecule has 4 nitrogen and oxygen atoms in total. The highest BCUT2D eigenvalue weighted by Gasteiger charge is 2.14. The molecule has 0 aliphatic rings. The van der Waals surface area contributed by atoms with Crippen LogP contribution in [0.5, 0.6) is 11.5 Å². The lowest BCUT2D eigenvalue weighted by atomic mass is 10.1. The topological polar surface area (TPSA) is 47.6 Å². The van der Waals surface area contributed by atoms with Gasteiger partial charge in [0.15, 0.2) is 6.10 Å². The van der Waals surface area contributed by atoms with Gasteiger partial charge in [-0.2, -0.15) is 0 Å². The van der Waals surface area contributed by atoms with Crippen LogP contribution in [0.15, 0.2) is 42.5 Å². The average molecular weight is 327 g/mol. The molecule has 0 fully saturated rings. The highest BCUT2D eigenvalue weighted by Crippen LogP contribution is 2.18. The van der Waals surface area contributed by atoms with Gasteiger partial charge in [0.2, 0.25) is 0 Å². The minimum atomic E-state index is -0.549. The number of nitrogens with one attached hydrogen (secondary N) is 1. The summed E-state index contributed by atoms with van der Waals surface area (Å²) in [5, 5.41) is 2.83. The van der Waals surface area contributed by atoms with Gasteiger partial charge in [0.1, 0.15) is 18.1 Å². The third-order valence-electron chi connectivity index (χ3n) is 3.67. The number of carbonyl (C=O) groups is 1. The highest BCUT2D eigenvalue weighted by molar-refractivity contribution is 5.80. The van der Waals surface area contributed by atoms with Crippen LogP contribution in [0.4, 0.5) is 0 Å². The fraction of sp³-hybridized carbons (Fsp3) is 0.350. The van der Waals surface area contributed by atoms with Gasteiger partial charge in [0.25, 0.3) is 5.91 Å². The van der Waals surface area contributed by atoms with E-state index in [0.717, 1.165) is 22.4 Å². The van der Waals surface area contributed by atoms with Crippen molar-refractivity contribution in [2.24, 2.45) is 0 Å². The second-order valence-corrected chi connectivity index (χ2v) is 5.99. The van der Waals surface area contributed by atoms with Crippen molar-refractivity contribution < 1.29 is 14.3 Å². The molecule has 0 heterocycles. The summed E-state index contributed by atoms with van der Waals surface area (Å²) in [6, 6.07) is 13.7. The molecule has 4 heteroatoms. The molecule has 0 radical (unpaired) electrons. The molecule has 0 saturated carbocycles. The van der Waals surface area contributed by atoms with Crippen molar-refractivity contribution in [2.45, 2.75) is 33.8 Å². The Hall–Kier alpha value is -2.49. The second-order valence-electron chi connectivity index (χ2n) is 5.99. The van der Waals surface area contributed by atoms with Gasteiger partial charge in [-0.1, -0.05) is 24.3 Å². The highest BCUT2D eigenvalue weighted by atomic mass is 16.5. The molecule has 1 amide bonds. The number of ether oxygens (including phenoxy) is 2. The molecule has 24 heavy (non-hydrogen) atoms. The predicted octanol–water partition coefficient (Wildman–Crippen LogP) is 3.57. The van der Waals surface area contributed by atoms with Gasteiger partial charge in [-0.15, -0.1) is 0 Å². The first-order valence-corrected chi connectivity index (χ1v) is 8.17. The molecule has 1 atom stereocenters. The molecular weight excluding hydrogens is 302 g/mol. The van der Waals surface area contributed by atoms with Gasteiger partial charge < -0.3 is 14.8 Å². The Morgan fingerprint density at radius 3 is 2.58 bits per heavy atom. The van der Waals surface area contributed by atoms with Crippen LogP contribution in [0.3, 0.4) is 0 Å². The number of benzene rings is 2. The SMILES string of the molecule is Cc1cccc(O[C@@H](C)C(=O)NCCOc2cc(C)ccc2C)c1. The van der Waals surface area contributed by atoms with Crippen molar-refractivity contribution in [1.29, 1.82) is 0 Å². The summed E-state index contributed by atoms with van der Waals surface area (Å²) >= 11 is 0. The maximum absolute atomic E-state index is 12.1. The summed E-state index contributed by atoms with van der Waals surface area (Å²) < 4.78 is 11.4. The van der Waals surface area contributed by atoms with E-state index in [1.165, 1.54) is 0 Å². The molecule has 0 bridgehead atoms. The number of aryl methyl sites for hydroxylation is 3. The summed E-state index contributed by atoms with van der Waals surface area (Å²) in [4.78, 5) is 12.1. The summed E-state index contributed by atoms with van der Waals surface area (Å²) in [7, 11) is 0. The van der Waals surface area contributed by atoms with Gasteiger partial charge in [0, 0.05) is 0 Å². The molecular formula is C20H25NO3. The number of rotatable bonds is 7. The zero-order valence-electron chi connectivity index (χ0n) is 14.8. The maximum Gasteiger partial charge on any atom is 0.260 e. The van der Waals surface area contributed by atoms with Gasteiger partial charge in [-0.05, 0) is 62.6 Å². The van der Waals surface area contributed by atoms with E-state index in [1.807, 2.05) is 63.2 Å². The number of amides is 1. The van der Waals surface area contributed by atoms with E-state index in [1.54, 1.807) is 6.92 Å². The van der Waals surface area contributed by atoms with Crippen molar-refractivity contribution in [3.05, 3.63) is 59.2 Å². The Morgan fingerprint density at radius 2 is 1.83 bits per heavy atom. The number of carbonyl (C=O) groups excluding carboxylic acids is 1. The summed E-state index contributed by atoms with van der Waals surface area (Å²) in [5.41, 5.74) is 3.34. The zero-order valence-corrected chi connectivity index (χ0v) is 14.8. The minimum Gasteiger partial charge on any atom is -0.491 e. The van der Waals surface area contributed by atoms with Crippen molar-refractivity contribution in [3.8, 4) is 11.5 Å². The van der Waals surface area contributed by atoms with Crippen LogP contribution in [0, 0.1) is 20.8 Å². The van der Waals surface area contributed by atoms with E-state index in [4.69, 9.17) is 9.47 Å². The summed E-state index contributed by atoms with van der Waals surface area (Å²) in [6.07, 6.45) is -0.549. The molecule has 1 N–H and O–H groups in total. The molecule has 0 aliphatic carbocycles. The Morgan fingerprint density at radius 1 is 1.08 bits per heavy atom. The Kier molecular flexibility index (Phi) is 6.24. The molecule has 2 aromatic carbocycles. The van der Waals surface area contributed by atoms with Crippen LogP contribution in [0.1, 0.15) is 23.6 Å². The quantitative estimate of drug-likeness (QED) is 0.791. The van der Waals surface area contributed by atoms with Crippen LogP contribution in [-0.2, 0) is 4.79 Å². The van der Waals surface area contributed by atoms with Gasteiger partial charge in [-0.25, -0.2) is 0 Å². The second kappa shape index (κ2) is 8.39. The molecule has 0 unspecified atom stereocenters. The molecule has 0 spiro atoms. The first kappa shape index (κ1) is 17.9. The monoisotopic (exact) mass is 327 g/mol. The maximum atomic E-state index is 12.1. The van der Waals surface area contributed by atoms with E-state index in [2.05, 4.69) is 5.32 Å². The van der Waals surface area contributed by atoms with Gasteiger partial charge in [-0.3, -0.25) is 4.79 Å². The number of hydrogen-bond acceptors (Lipinski definition) is 3. The Labute approximate surface area is 143 Å². The van der Waals surface area contributed by atoms with Crippen LogP contribution < -0.4 is 14.8 Å². The Bertz CT molecular complexity index is 697. The smallest absolute Gasteiger partial charge is 0.260 e. The van der Waals surface area contributed by atoms with Gasteiger partial charge in [0.05, 0.1) is 6.54 Å². The largest absolute Gasteiger partial charge is 0.491 e. The Balaban J connectivity index is 1.75. The van der Waals surface area contributed by atoms with E-state index < -0.39 is 6.10 Å². The third kappa shape index (κ3) is 5.30. The van der Waals surface area contributed by atoms with E-state index in [9.17, 15) is 4.79 Å². The fourth-order valence-corrected chi connectivity index (χ4v) is 2.29. The van der Waals surface area contributed by atoms with Crippen LogP contribution >= 0.6 is 0 Å². The van der Waals surface area contributed by atoms with Gasteiger partial charge >= 0.3 is 0 Å². The third-order valence-corrected chi connectivity index (χ3v) is 3.67. The van der Waals surface area contributed by atoms with Crippen molar-refractivity contribution in [2.75, 3.05) is 13.2 Å². The predicted molar refractivity (Wildman–Crippen MR) is 95.7 cm³/mol. The average Bonchev–Trinajstić information content (AvgIpc) is 2.54. The summed E-state index contributed by atoms with van der Waals surface area (Å²) in [5.74, 6) is 1.40. The lowest BCUT2D eigenvalue weighted by Crippen LogP contribution is -2.38. The van der Waals surface area contributed by atoms with E-state index in [0.29, 0.717) is 18.9 Å². The number of hydrogen-bond donors (Lipinski definition) is 1. The van der Waals surface area contributed by atoms with Crippen LogP contribution in [0.2, 0.25) is 0 Å². The molecule has 0 aliphatic heterocycles. The first-order valence-electron chi connectivity index (χ1n) is 8.17. The van der Waals surface area contributed by atoms with E-state index in [-0.39, 0.29) is 5.91 Å². The fourth-order valence-electron chi connectivity index (χ4n) is 2.29. The lowest BCUT2D eigenvalue weighted by molar-refractivity contribution is -0.127. The molecule has 0 aromatic heterocycles. The molecule has 0 saturated heterocycles. The van der Waals surface area contributed by atoms with Crippen LogP contribution in [0.25, 0.3) is 0 Å². The van der Waals surface area contributed by atoms with Crippen molar-refractivity contribution in [1.82, 2.24) is 5.32 Å². The molecule has 2 rings (SSSR count). The zero-order chi connectivity index (χ0) is 17.5. The molecule has 128 valence electrons. The van der Waals surface area contributed by atoms with E-state index >= 15 is 0 Å². The minimum absolute atomic E-state index is 0.152. The molecule has 2 aromatic rings.